The molecule has 1 aliphatic heterocycles. The van der Waals surface area contributed by atoms with Gasteiger partial charge in [0.1, 0.15) is 18.4 Å². The normalized spacial score (nSPS) is 17.1. The minimum absolute atomic E-state index is 0.108. The van der Waals surface area contributed by atoms with Gasteiger partial charge in [-0.1, -0.05) is 30.3 Å². The lowest BCUT2D eigenvalue weighted by Gasteiger charge is -2.22. The quantitative estimate of drug-likeness (QED) is 0.472. The first-order valence-corrected chi connectivity index (χ1v) is 10.3. The average Bonchev–Trinajstić information content (AvgIpc) is 3.17. The number of rotatable bonds is 6. The summed E-state index contributed by atoms with van der Waals surface area (Å²) >= 11 is 0. The Morgan fingerprint density at radius 1 is 1.26 bits per heavy atom. The molecule has 0 radical (unpaired) electrons. The van der Waals surface area contributed by atoms with Gasteiger partial charge in [-0.2, -0.15) is 0 Å². The molecule has 2 heterocycles. The highest BCUT2D eigenvalue weighted by molar-refractivity contribution is 5.91. The van der Waals surface area contributed by atoms with E-state index in [1.807, 2.05) is 61.5 Å². The Hall–Kier alpha value is -3.45. The second kappa shape index (κ2) is 8.73. The fourth-order valence-electron chi connectivity index (χ4n) is 4.10. The molecule has 2 unspecified atom stereocenters. The van der Waals surface area contributed by atoms with Crippen LogP contribution in [0.1, 0.15) is 36.1 Å². The van der Waals surface area contributed by atoms with Crippen LogP contribution in [0.5, 0.6) is 5.75 Å². The lowest BCUT2D eigenvalue weighted by Crippen LogP contribution is -2.45. The van der Waals surface area contributed by atoms with Crippen molar-refractivity contribution in [3.63, 3.8) is 0 Å². The molecule has 2 aromatic carbocycles. The van der Waals surface area contributed by atoms with E-state index in [4.69, 9.17) is 9.94 Å². The summed E-state index contributed by atoms with van der Waals surface area (Å²) in [6, 6.07) is 16.9. The fourth-order valence-corrected chi connectivity index (χ4v) is 4.10. The Morgan fingerprint density at radius 3 is 2.74 bits per heavy atom. The molecule has 0 saturated carbocycles. The number of para-hydroxylation sites is 1. The molecule has 0 spiro atoms. The van der Waals surface area contributed by atoms with Gasteiger partial charge in [0.15, 0.2) is 0 Å². The molecular weight excluding hydrogens is 394 g/mol. The first-order chi connectivity index (χ1) is 15.0. The van der Waals surface area contributed by atoms with E-state index < -0.39 is 11.9 Å². The molecule has 7 heteroatoms. The minimum Gasteiger partial charge on any atom is -0.489 e. The third-order valence-corrected chi connectivity index (χ3v) is 5.80. The highest BCUT2D eigenvalue weighted by Crippen LogP contribution is 2.31. The molecule has 2 atom stereocenters. The molecule has 3 aromatic rings. The monoisotopic (exact) mass is 419 g/mol. The van der Waals surface area contributed by atoms with Gasteiger partial charge in [0.25, 0.3) is 5.91 Å². The highest BCUT2D eigenvalue weighted by atomic mass is 16.5. The van der Waals surface area contributed by atoms with E-state index in [-0.39, 0.29) is 11.8 Å². The SMILES string of the molecule is Cc1cc(COc2ccc(C3CCN(C(C)C(=O)NO)C3=O)cc2)c2ccccc2n1. The molecule has 2 amide bonds. The molecule has 31 heavy (non-hydrogen) atoms. The predicted molar refractivity (Wildman–Crippen MR) is 116 cm³/mol. The van der Waals surface area contributed by atoms with Crippen LogP contribution in [-0.4, -0.2) is 39.5 Å². The molecule has 4 rings (SSSR count). The average molecular weight is 419 g/mol. The van der Waals surface area contributed by atoms with E-state index in [9.17, 15) is 9.59 Å². The van der Waals surface area contributed by atoms with Crippen LogP contribution in [0.15, 0.2) is 54.6 Å². The van der Waals surface area contributed by atoms with E-state index in [0.29, 0.717) is 19.6 Å². The summed E-state index contributed by atoms with van der Waals surface area (Å²) in [5.74, 6) is -0.271. The molecule has 0 aliphatic carbocycles. The first-order valence-electron chi connectivity index (χ1n) is 10.3. The molecule has 160 valence electrons. The smallest absolute Gasteiger partial charge is 0.265 e. The van der Waals surface area contributed by atoms with Crippen LogP contribution in [-0.2, 0) is 16.2 Å². The van der Waals surface area contributed by atoms with Crippen molar-refractivity contribution < 1.29 is 19.5 Å². The van der Waals surface area contributed by atoms with Crippen molar-refractivity contribution >= 4 is 22.7 Å². The van der Waals surface area contributed by atoms with Crippen LogP contribution in [0.3, 0.4) is 0 Å². The van der Waals surface area contributed by atoms with Crippen LogP contribution in [0.25, 0.3) is 10.9 Å². The number of nitrogens with one attached hydrogen (secondary N) is 1. The van der Waals surface area contributed by atoms with Crippen molar-refractivity contribution in [2.75, 3.05) is 6.54 Å². The number of hydrogen-bond acceptors (Lipinski definition) is 5. The summed E-state index contributed by atoms with van der Waals surface area (Å²) in [5, 5.41) is 9.89. The van der Waals surface area contributed by atoms with E-state index in [1.54, 1.807) is 12.4 Å². The number of hydrogen-bond donors (Lipinski definition) is 2. The largest absolute Gasteiger partial charge is 0.489 e. The number of benzene rings is 2. The van der Waals surface area contributed by atoms with Crippen LogP contribution in [0.4, 0.5) is 0 Å². The lowest BCUT2D eigenvalue weighted by atomic mass is 9.97. The third-order valence-electron chi connectivity index (χ3n) is 5.80. The van der Waals surface area contributed by atoms with Gasteiger partial charge in [-0.05, 0) is 50.1 Å². The van der Waals surface area contributed by atoms with Crippen LogP contribution in [0, 0.1) is 6.92 Å². The van der Waals surface area contributed by atoms with Gasteiger partial charge in [-0.25, -0.2) is 5.48 Å². The second-order valence-corrected chi connectivity index (χ2v) is 7.82. The number of aromatic nitrogens is 1. The van der Waals surface area contributed by atoms with Crippen molar-refractivity contribution in [2.24, 2.45) is 0 Å². The number of likely N-dealkylation sites (tertiary alicyclic amines) is 1. The Morgan fingerprint density at radius 2 is 2.00 bits per heavy atom. The summed E-state index contributed by atoms with van der Waals surface area (Å²) in [5.41, 5.74) is 5.47. The highest BCUT2D eigenvalue weighted by Gasteiger charge is 2.37. The van der Waals surface area contributed by atoms with Crippen LogP contribution >= 0.6 is 0 Å². The van der Waals surface area contributed by atoms with E-state index in [1.165, 1.54) is 4.90 Å². The van der Waals surface area contributed by atoms with Crippen LogP contribution < -0.4 is 10.2 Å². The lowest BCUT2D eigenvalue weighted by molar-refractivity contribution is -0.141. The zero-order chi connectivity index (χ0) is 22.0. The maximum absolute atomic E-state index is 12.7. The maximum Gasteiger partial charge on any atom is 0.265 e. The molecule has 1 saturated heterocycles. The minimum atomic E-state index is -0.705. The van der Waals surface area contributed by atoms with Crippen molar-refractivity contribution in [3.8, 4) is 5.75 Å². The van der Waals surface area contributed by atoms with E-state index in [2.05, 4.69) is 4.98 Å². The molecule has 7 nitrogen and oxygen atoms in total. The van der Waals surface area contributed by atoms with Gasteiger partial charge in [-0.15, -0.1) is 0 Å². The van der Waals surface area contributed by atoms with Crippen molar-refractivity contribution in [3.05, 3.63) is 71.4 Å². The summed E-state index contributed by atoms with van der Waals surface area (Å²) in [6.07, 6.45) is 0.629. The van der Waals surface area contributed by atoms with Gasteiger partial charge in [-0.3, -0.25) is 19.8 Å². The van der Waals surface area contributed by atoms with Crippen molar-refractivity contribution in [2.45, 2.75) is 38.8 Å². The molecular formula is C24H25N3O4. The Bertz CT molecular complexity index is 1110. The standard InChI is InChI=1S/C24H25N3O4/c1-15-13-18(20-5-3-4-6-22(20)25-15)14-31-19-9-7-17(8-10-19)21-11-12-27(24(21)29)16(2)23(28)26-30/h3-10,13,16,21,30H,11-12,14H2,1-2H3,(H,26,28). The van der Waals surface area contributed by atoms with Crippen molar-refractivity contribution in [1.29, 1.82) is 0 Å². The molecule has 0 bridgehead atoms. The number of hydroxylamine groups is 1. The second-order valence-electron chi connectivity index (χ2n) is 7.82. The number of aryl methyl sites for hydroxylation is 1. The fraction of sp³-hybridized carbons (Fsp3) is 0.292. The number of pyridine rings is 1. The van der Waals surface area contributed by atoms with Gasteiger partial charge in [0.2, 0.25) is 5.91 Å². The van der Waals surface area contributed by atoms with E-state index in [0.717, 1.165) is 33.5 Å². The first kappa shape index (κ1) is 20.8. The van der Waals surface area contributed by atoms with E-state index >= 15 is 0 Å². The van der Waals surface area contributed by atoms with Gasteiger partial charge >= 0.3 is 0 Å². The number of amides is 2. The van der Waals surface area contributed by atoms with Crippen LogP contribution in [0.2, 0.25) is 0 Å². The molecule has 1 aromatic heterocycles. The number of nitrogens with zero attached hydrogens (tertiary/aromatic N) is 2. The topological polar surface area (TPSA) is 91.8 Å². The zero-order valence-corrected chi connectivity index (χ0v) is 17.5. The number of carbonyl (C=O) groups is 2. The van der Waals surface area contributed by atoms with Gasteiger partial charge < -0.3 is 9.64 Å². The zero-order valence-electron chi connectivity index (χ0n) is 17.5. The third kappa shape index (κ3) is 4.22. The number of carbonyl (C=O) groups excluding carboxylic acids is 2. The summed E-state index contributed by atoms with van der Waals surface area (Å²) < 4.78 is 6.00. The molecule has 2 N–H and O–H groups in total. The molecule has 1 aliphatic rings. The Balaban J connectivity index is 1.44. The number of ether oxygens (including phenoxy) is 1. The summed E-state index contributed by atoms with van der Waals surface area (Å²) in [7, 11) is 0. The maximum atomic E-state index is 12.7. The number of fused-ring (bicyclic) bond motifs is 1. The summed E-state index contributed by atoms with van der Waals surface area (Å²) in [6.45, 7) is 4.48. The Kier molecular flexibility index (Phi) is 5.86. The summed E-state index contributed by atoms with van der Waals surface area (Å²) in [4.78, 5) is 30.5. The Labute approximate surface area is 180 Å². The van der Waals surface area contributed by atoms with Crippen molar-refractivity contribution in [1.82, 2.24) is 15.4 Å². The predicted octanol–water partition coefficient (Wildman–Crippen LogP) is 3.33. The van der Waals surface area contributed by atoms with Gasteiger partial charge in [0, 0.05) is 23.2 Å². The van der Waals surface area contributed by atoms with Gasteiger partial charge in [0.05, 0.1) is 11.4 Å². The molecule has 1 fully saturated rings.